The maximum absolute atomic E-state index is 12.1. The molecule has 100 valence electrons. The van der Waals surface area contributed by atoms with Gasteiger partial charge >= 0.3 is 0 Å². The van der Waals surface area contributed by atoms with E-state index in [9.17, 15) is 4.79 Å². The highest BCUT2D eigenvalue weighted by Crippen LogP contribution is 2.14. The monoisotopic (exact) mass is 282 g/mol. The van der Waals surface area contributed by atoms with E-state index in [4.69, 9.17) is 5.26 Å². The van der Waals surface area contributed by atoms with Gasteiger partial charge in [-0.15, -0.1) is 0 Å². The Labute approximate surface area is 122 Å². The van der Waals surface area contributed by atoms with Gasteiger partial charge in [-0.1, -0.05) is 30.3 Å². The van der Waals surface area contributed by atoms with E-state index in [0.29, 0.717) is 0 Å². The van der Waals surface area contributed by atoms with Gasteiger partial charge in [0.05, 0.1) is 6.04 Å². The molecule has 4 heteroatoms. The first-order chi connectivity index (χ1) is 9.70. The minimum atomic E-state index is -0.352. The zero-order chi connectivity index (χ0) is 14.4. The van der Waals surface area contributed by atoms with Crippen molar-refractivity contribution in [2.45, 2.75) is 13.0 Å². The Morgan fingerprint density at radius 1 is 1.35 bits per heavy atom. The third-order valence-electron chi connectivity index (χ3n) is 2.87. The van der Waals surface area contributed by atoms with Crippen LogP contribution in [0, 0.1) is 11.3 Å². The number of hydrogen-bond donors (Lipinski definition) is 1. The van der Waals surface area contributed by atoms with Crippen LogP contribution < -0.4 is 5.32 Å². The molecule has 1 unspecified atom stereocenters. The summed E-state index contributed by atoms with van der Waals surface area (Å²) in [6.07, 6.45) is 1.60. The predicted molar refractivity (Wildman–Crippen MR) is 80.9 cm³/mol. The van der Waals surface area contributed by atoms with Gasteiger partial charge in [0.2, 0.25) is 0 Å². The molecule has 1 amide bonds. The Morgan fingerprint density at radius 3 is 2.70 bits per heavy atom. The minimum absolute atomic E-state index is 0.117. The van der Waals surface area contributed by atoms with Crippen molar-refractivity contribution < 1.29 is 4.79 Å². The first kappa shape index (κ1) is 14.0. The van der Waals surface area contributed by atoms with Crippen LogP contribution in [0.1, 0.15) is 24.1 Å². The molecule has 0 spiro atoms. The molecular formula is C16H14N2OS. The SMILES string of the molecule is CC(NC(=O)C(C#N)=Cc1ccsc1)c1ccccc1. The van der Waals surface area contributed by atoms with Gasteiger partial charge in [-0.25, -0.2) is 0 Å². The highest BCUT2D eigenvalue weighted by molar-refractivity contribution is 7.08. The molecule has 2 rings (SSSR count). The summed E-state index contributed by atoms with van der Waals surface area (Å²) in [5, 5.41) is 15.7. The highest BCUT2D eigenvalue weighted by atomic mass is 32.1. The van der Waals surface area contributed by atoms with Crippen molar-refractivity contribution in [2.24, 2.45) is 0 Å². The maximum Gasteiger partial charge on any atom is 0.262 e. The summed E-state index contributed by atoms with van der Waals surface area (Å²) in [6, 6.07) is 13.3. The Balaban J connectivity index is 2.09. The Morgan fingerprint density at radius 2 is 2.10 bits per heavy atom. The van der Waals surface area contributed by atoms with Gasteiger partial charge in [0, 0.05) is 0 Å². The largest absolute Gasteiger partial charge is 0.345 e. The van der Waals surface area contributed by atoms with Crippen LogP contribution in [-0.2, 0) is 4.79 Å². The molecule has 20 heavy (non-hydrogen) atoms. The molecule has 0 bridgehead atoms. The van der Waals surface area contributed by atoms with Crippen molar-refractivity contribution in [1.82, 2.24) is 5.32 Å². The molecule has 1 heterocycles. The van der Waals surface area contributed by atoms with Crippen LogP contribution in [0.3, 0.4) is 0 Å². The van der Waals surface area contributed by atoms with E-state index in [2.05, 4.69) is 5.32 Å². The number of rotatable bonds is 4. The normalized spacial score (nSPS) is 12.5. The number of carbonyl (C=O) groups is 1. The second kappa shape index (κ2) is 6.69. The van der Waals surface area contributed by atoms with Gasteiger partial charge in [-0.3, -0.25) is 4.79 Å². The van der Waals surface area contributed by atoms with E-state index in [-0.39, 0.29) is 17.5 Å². The quantitative estimate of drug-likeness (QED) is 0.689. The molecule has 1 aromatic carbocycles. The number of nitriles is 1. The number of benzene rings is 1. The number of nitrogens with one attached hydrogen (secondary N) is 1. The second-order valence-electron chi connectivity index (χ2n) is 4.33. The molecule has 0 saturated carbocycles. The molecule has 0 aliphatic heterocycles. The number of thiophene rings is 1. The molecule has 3 nitrogen and oxygen atoms in total. The summed E-state index contributed by atoms with van der Waals surface area (Å²) in [4.78, 5) is 12.1. The zero-order valence-corrected chi connectivity index (χ0v) is 11.9. The Kier molecular flexibility index (Phi) is 4.70. The molecule has 0 aliphatic rings. The molecule has 1 atom stereocenters. The fourth-order valence-electron chi connectivity index (χ4n) is 1.77. The third-order valence-corrected chi connectivity index (χ3v) is 3.57. The fraction of sp³-hybridized carbons (Fsp3) is 0.125. The van der Waals surface area contributed by atoms with E-state index in [0.717, 1.165) is 11.1 Å². The Hall–Kier alpha value is -2.38. The zero-order valence-electron chi connectivity index (χ0n) is 11.0. The van der Waals surface area contributed by atoms with Crippen LogP contribution in [0.4, 0.5) is 0 Å². The lowest BCUT2D eigenvalue weighted by atomic mass is 10.1. The molecule has 0 radical (unpaired) electrons. The molecule has 0 aliphatic carbocycles. The smallest absolute Gasteiger partial charge is 0.262 e. The van der Waals surface area contributed by atoms with Gasteiger partial charge in [-0.05, 0) is 41.0 Å². The van der Waals surface area contributed by atoms with Gasteiger partial charge in [0.25, 0.3) is 5.91 Å². The molecule has 1 aromatic heterocycles. The van der Waals surface area contributed by atoms with Gasteiger partial charge in [0.15, 0.2) is 0 Å². The molecule has 0 fully saturated rings. The number of hydrogen-bond acceptors (Lipinski definition) is 3. The number of nitrogens with zero attached hydrogens (tertiary/aromatic N) is 1. The van der Waals surface area contributed by atoms with Gasteiger partial charge < -0.3 is 5.32 Å². The van der Waals surface area contributed by atoms with E-state index in [1.165, 1.54) is 11.3 Å². The number of carbonyl (C=O) groups excluding carboxylic acids is 1. The van der Waals surface area contributed by atoms with E-state index in [1.807, 2.05) is 60.2 Å². The molecule has 2 aromatic rings. The predicted octanol–water partition coefficient (Wildman–Crippen LogP) is 3.53. The van der Waals surface area contributed by atoms with E-state index < -0.39 is 0 Å². The van der Waals surface area contributed by atoms with Crippen molar-refractivity contribution in [3.63, 3.8) is 0 Å². The van der Waals surface area contributed by atoms with Crippen molar-refractivity contribution in [3.8, 4) is 6.07 Å². The summed E-state index contributed by atoms with van der Waals surface area (Å²) < 4.78 is 0. The van der Waals surface area contributed by atoms with Crippen molar-refractivity contribution in [2.75, 3.05) is 0 Å². The van der Waals surface area contributed by atoms with Crippen LogP contribution >= 0.6 is 11.3 Å². The van der Waals surface area contributed by atoms with Gasteiger partial charge in [-0.2, -0.15) is 16.6 Å². The lowest BCUT2D eigenvalue weighted by molar-refractivity contribution is -0.117. The molecular weight excluding hydrogens is 268 g/mol. The van der Waals surface area contributed by atoms with Crippen LogP contribution in [0.25, 0.3) is 6.08 Å². The average Bonchev–Trinajstić information content (AvgIpc) is 2.98. The summed E-state index contributed by atoms with van der Waals surface area (Å²) in [5.41, 5.74) is 1.99. The average molecular weight is 282 g/mol. The highest BCUT2D eigenvalue weighted by Gasteiger charge is 2.13. The first-order valence-electron chi connectivity index (χ1n) is 6.20. The topological polar surface area (TPSA) is 52.9 Å². The standard InChI is InChI=1S/C16H14N2OS/c1-12(14-5-3-2-4-6-14)18-16(19)15(10-17)9-13-7-8-20-11-13/h2-9,11-12H,1H3,(H,18,19). The van der Waals surface area contributed by atoms with Crippen LogP contribution in [0.2, 0.25) is 0 Å². The van der Waals surface area contributed by atoms with Crippen molar-refractivity contribution >= 4 is 23.3 Å². The second-order valence-corrected chi connectivity index (χ2v) is 5.11. The van der Waals surface area contributed by atoms with Crippen LogP contribution in [0.15, 0.2) is 52.7 Å². The van der Waals surface area contributed by atoms with Crippen LogP contribution in [0.5, 0.6) is 0 Å². The lowest BCUT2D eigenvalue weighted by Crippen LogP contribution is -2.27. The fourth-order valence-corrected chi connectivity index (χ4v) is 2.39. The minimum Gasteiger partial charge on any atom is -0.345 e. The van der Waals surface area contributed by atoms with Gasteiger partial charge in [0.1, 0.15) is 11.6 Å². The third kappa shape index (κ3) is 3.56. The van der Waals surface area contributed by atoms with E-state index in [1.54, 1.807) is 6.08 Å². The number of amides is 1. The molecule has 0 saturated heterocycles. The van der Waals surface area contributed by atoms with Crippen LogP contribution in [-0.4, -0.2) is 5.91 Å². The van der Waals surface area contributed by atoms with Crippen molar-refractivity contribution in [3.05, 3.63) is 63.9 Å². The van der Waals surface area contributed by atoms with Crippen molar-refractivity contribution in [1.29, 1.82) is 5.26 Å². The Bertz CT molecular complexity index is 639. The van der Waals surface area contributed by atoms with E-state index >= 15 is 0 Å². The lowest BCUT2D eigenvalue weighted by Gasteiger charge is -2.13. The summed E-state index contributed by atoms with van der Waals surface area (Å²) in [6.45, 7) is 1.90. The maximum atomic E-state index is 12.1. The first-order valence-corrected chi connectivity index (χ1v) is 7.15. The summed E-state index contributed by atoms with van der Waals surface area (Å²) >= 11 is 1.53. The molecule has 1 N–H and O–H groups in total. The summed E-state index contributed by atoms with van der Waals surface area (Å²) in [5.74, 6) is -0.352. The summed E-state index contributed by atoms with van der Waals surface area (Å²) in [7, 11) is 0.